The molecule has 38 heavy (non-hydrogen) atoms. The maximum atomic E-state index is 9.44. The highest BCUT2D eigenvalue weighted by Gasteiger charge is 2.38. The highest BCUT2D eigenvalue weighted by Crippen LogP contribution is 2.36. The van der Waals surface area contributed by atoms with Crippen molar-refractivity contribution < 1.29 is 4.70 Å². The lowest BCUT2D eigenvalue weighted by Gasteiger charge is -2.12. The number of nitrogens with zero attached hydrogens (tertiary/aromatic N) is 4. The van der Waals surface area contributed by atoms with Crippen LogP contribution in [0, 0.1) is 11.3 Å². The Morgan fingerprint density at radius 1 is 0.684 bits per heavy atom. The number of azo groups is 2. The quantitative estimate of drug-likeness (QED) is 0.257. The zero-order valence-corrected chi connectivity index (χ0v) is 20.6. The largest absolute Gasteiger partial charge is 0.309 e. The summed E-state index contributed by atoms with van der Waals surface area (Å²) >= 11 is 0. The molecule has 5 aromatic carbocycles. The van der Waals surface area contributed by atoms with Crippen LogP contribution in [0.15, 0.2) is 133 Å². The zero-order chi connectivity index (χ0) is 25.5. The molecule has 2 unspecified atom stereocenters. The smallest absolute Gasteiger partial charge is 0.266 e. The number of nitrogens with one attached hydrogen (secondary N) is 1. The lowest BCUT2D eigenvalue weighted by atomic mass is 10.1. The number of nitriles is 1. The minimum absolute atomic E-state index is 0.187. The van der Waals surface area contributed by atoms with Gasteiger partial charge in [-0.25, -0.2) is 5.32 Å². The fourth-order valence-corrected chi connectivity index (χ4v) is 5.43. The van der Waals surface area contributed by atoms with Gasteiger partial charge in [-0.3, -0.25) is 0 Å². The van der Waals surface area contributed by atoms with Gasteiger partial charge in [0.15, 0.2) is 6.17 Å². The predicted molar refractivity (Wildman–Crippen MR) is 149 cm³/mol. The molecule has 5 heteroatoms. The van der Waals surface area contributed by atoms with Crippen LogP contribution in [0.1, 0.15) is 29.0 Å². The van der Waals surface area contributed by atoms with Crippen LogP contribution in [0.5, 0.6) is 0 Å². The van der Waals surface area contributed by atoms with Gasteiger partial charge in [0.05, 0.1) is 22.7 Å². The van der Waals surface area contributed by atoms with Gasteiger partial charge in [0, 0.05) is 34.2 Å². The van der Waals surface area contributed by atoms with Crippen molar-refractivity contribution in [1.82, 2.24) is 9.88 Å². The van der Waals surface area contributed by atoms with Gasteiger partial charge in [0.25, 0.3) is 6.17 Å². The topological polar surface area (TPSA) is 56.1 Å². The van der Waals surface area contributed by atoms with Crippen molar-refractivity contribution >= 4 is 27.5 Å². The lowest BCUT2D eigenvalue weighted by molar-refractivity contribution is -0.547. The van der Waals surface area contributed by atoms with E-state index < -0.39 is 0 Å². The summed E-state index contributed by atoms with van der Waals surface area (Å²) in [5.41, 5.74) is 7.21. The van der Waals surface area contributed by atoms with E-state index in [1.54, 1.807) is 0 Å². The predicted octanol–water partition coefficient (Wildman–Crippen LogP) is 7.75. The molecule has 180 valence electrons. The molecular formula is C33H24N5+. The monoisotopic (exact) mass is 490 g/mol. The number of fused-ring (bicyclic) bond motifs is 3. The second-order valence-corrected chi connectivity index (χ2v) is 9.47. The van der Waals surface area contributed by atoms with Crippen LogP contribution in [-0.4, -0.2) is 9.26 Å². The Morgan fingerprint density at radius 2 is 1.34 bits per heavy atom. The summed E-state index contributed by atoms with van der Waals surface area (Å²) in [5, 5.41) is 20.7. The second-order valence-electron chi connectivity index (χ2n) is 9.47. The minimum Gasteiger partial charge on any atom is -0.309 e. The molecule has 0 saturated carbocycles. The van der Waals surface area contributed by atoms with Crippen molar-refractivity contribution in [2.75, 3.05) is 0 Å². The van der Waals surface area contributed by atoms with E-state index >= 15 is 0 Å². The Labute approximate surface area is 220 Å². The van der Waals surface area contributed by atoms with Crippen LogP contribution in [0.4, 0.5) is 5.69 Å². The van der Waals surface area contributed by atoms with Gasteiger partial charge in [-0.1, -0.05) is 83.6 Å². The maximum Gasteiger partial charge on any atom is 0.266 e. The summed E-state index contributed by atoms with van der Waals surface area (Å²) in [6.45, 7) is 0. The summed E-state index contributed by atoms with van der Waals surface area (Å²) in [7, 11) is 0. The molecule has 0 fully saturated rings. The van der Waals surface area contributed by atoms with Crippen molar-refractivity contribution in [2.24, 2.45) is 5.11 Å². The fourth-order valence-electron chi connectivity index (χ4n) is 5.43. The van der Waals surface area contributed by atoms with Crippen LogP contribution in [0.2, 0.25) is 0 Å². The third-order valence-corrected chi connectivity index (χ3v) is 7.20. The molecule has 6 aromatic rings. The number of benzene rings is 5. The van der Waals surface area contributed by atoms with Crippen LogP contribution < -0.4 is 5.32 Å². The van der Waals surface area contributed by atoms with E-state index in [4.69, 9.17) is 5.11 Å². The average molecular weight is 491 g/mol. The lowest BCUT2D eigenvalue weighted by Crippen LogP contribution is -2.23. The Morgan fingerprint density at radius 3 is 2.03 bits per heavy atom. The maximum absolute atomic E-state index is 9.44. The first-order chi connectivity index (χ1) is 18.8. The number of rotatable bonds is 4. The van der Waals surface area contributed by atoms with E-state index in [9.17, 15) is 5.26 Å². The van der Waals surface area contributed by atoms with Gasteiger partial charge in [0.2, 0.25) is 5.69 Å². The summed E-state index contributed by atoms with van der Waals surface area (Å²) in [6.07, 6.45) is -0.411. The number of hydrogen-bond acceptors (Lipinski definition) is 3. The van der Waals surface area contributed by atoms with E-state index in [0.717, 1.165) is 22.5 Å². The molecule has 2 heterocycles. The average Bonchev–Trinajstić information content (AvgIpc) is 3.58. The molecule has 5 nitrogen and oxygen atoms in total. The molecule has 1 N–H and O–H groups in total. The van der Waals surface area contributed by atoms with Gasteiger partial charge >= 0.3 is 0 Å². The summed E-state index contributed by atoms with van der Waals surface area (Å²) in [5.74, 6) is 0. The van der Waals surface area contributed by atoms with Crippen molar-refractivity contribution in [3.8, 4) is 11.8 Å². The Kier molecular flexibility index (Phi) is 5.32. The third kappa shape index (κ3) is 3.67. The molecule has 0 aliphatic carbocycles. The standard InChI is InChI=1S/C33H24N5/c34-22-23-9-8-10-25(21-23)33-35-32(36-38(33)27-11-2-1-3-12-27)24-17-19-26(20-18-24)37-30-15-6-4-13-28(30)29-14-5-7-16-31(29)37/h1-21,32-33,35H/q+1. The van der Waals surface area contributed by atoms with Gasteiger partial charge in [-0.15, -0.1) is 0 Å². The van der Waals surface area contributed by atoms with Crippen LogP contribution in [0.25, 0.3) is 27.5 Å². The third-order valence-electron chi connectivity index (χ3n) is 7.20. The molecule has 0 spiro atoms. The van der Waals surface area contributed by atoms with Crippen LogP contribution in [0.3, 0.4) is 0 Å². The summed E-state index contributed by atoms with van der Waals surface area (Å²) in [4.78, 5) is 0. The van der Waals surface area contributed by atoms with E-state index in [2.05, 4.69) is 101 Å². The van der Waals surface area contributed by atoms with Crippen molar-refractivity contribution in [1.29, 1.82) is 5.26 Å². The molecule has 0 saturated heterocycles. The van der Waals surface area contributed by atoms with Gasteiger partial charge in [-0.05, 0) is 47.1 Å². The fraction of sp³-hybridized carbons (Fsp3) is 0.0606. The molecule has 2 atom stereocenters. The number of aromatic nitrogens is 1. The van der Waals surface area contributed by atoms with Gasteiger partial charge in [0.1, 0.15) is 0 Å². The van der Waals surface area contributed by atoms with Gasteiger partial charge < -0.3 is 4.57 Å². The molecule has 0 radical (unpaired) electrons. The summed E-state index contributed by atoms with van der Waals surface area (Å²) in [6, 6.07) is 45.8. The first kappa shape index (κ1) is 22.2. The van der Waals surface area contributed by atoms with Crippen LogP contribution in [-0.2, 0) is 0 Å². The molecule has 1 aliphatic heterocycles. The number of para-hydroxylation sites is 3. The molecular weight excluding hydrogens is 466 g/mol. The highest BCUT2D eigenvalue weighted by molar-refractivity contribution is 6.09. The minimum atomic E-state index is -0.224. The molecule has 1 aromatic heterocycles. The Bertz CT molecular complexity index is 1810. The number of hydrogen-bond donors (Lipinski definition) is 1. The molecule has 0 bridgehead atoms. The van der Waals surface area contributed by atoms with Crippen molar-refractivity contribution in [3.63, 3.8) is 0 Å². The highest BCUT2D eigenvalue weighted by atomic mass is 15.5. The SMILES string of the molecule is N#Cc1cccc(C2NC(c3ccc(-n4c5ccccc5c5ccccc54)cc3)N=[N+]2c2ccccc2)c1. The normalized spacial score (nSPS) is 17.0. The van der Waals surface area contributed by atoms with Crippen LogP contribution >= 0.6 is 0 Å². The molecule has 7 rings (SSSR count). The van der Waals surface area contributed by atoms with Crippen molar-refractivity contribution in [3.05, 3.63) is 144 Å². The van der Waals surface area contributed by atoms with Gasteiger partial charge in [-0.2, -0.15) is 5.26 Å². The molecule has 0 amide bonds. The van der Waals surface area contributed by atoms with E-state index in [1.807, 2.05) is 47.2 Å². The Balaban J connectivity index is 1.28. The first-order valence-electron chi connectivity index (χ1n) is 12.7. The second kappa shape index (κ2) is 9.11. The Hall–Kier alpha value is -5.05. The van der Waals surface area contributed by atoms with E-state index in [-0.39, 0.29) is 12.3 Å². The van der Waals surface area contributed by atoms with E-state index in [1.165, 1.54) is 21.8 Å². The summed E-state index contributed by atoms with van der Waals surface area (Å²) < 4.78 is 4.34. The molecule has 1 aliphatic rings. The van der Waals surface area contributed by atoms with Crippen molar-refractivity contribution in [2.45, 2.75) is 12.3 Å². The van der Waals surface area contributed by atoms with E-state index in [0.29, 0.717) is 5.56 Å². The zero-order valence-electron chi connectivity index (χ0n) is 20.6. The first-order valence-corrected chi connectivity index (χ1v) is 12.7.